The van der Waals surface area contributed by atoms with Crippen molar-refractivity contribution in [2.75, 3.05) is 5.32 Å². The zero-order chi connectivity index (χ0) is 19.4. The minimum Gasteiger partial charge on any atom is -0.339 e. The minimum atomic E-state index is -0.826. The molecule has 1 heterocycles. The van der Waals surface area contributed by atoms with Crippen LogP contribution in [0.1, 0.15) is 37.6 Å². The van der Waals surface area contributed by atoms with Crippen molar-refractivity contribution in [3.05, 3.63) is 65.6 Å². The third-order valence-electron chi connectivity index (χ3n) is 4.10. The topological polar surface area (TPSA) is 68.0 Å². The fraction of sp³-hybridized carbons (Fsp3) is 0.250. The zero-order valence-electron chi connectivity index (χ0n) is 15.0. The number of aryl methyl sites for hydroxylation is 1. The molecular formula is C20H19F2N3O2. The molecule has 27 heavy (non-hydrogen) atoms. The van der Waals surface area contributed by atoms with Crippen molar-refractivity contribution in [3.8, 4) is 11.4 Å². The predicted molar refractivity (Wildman–Crippen MR) is 97.1 cm³/mol. The van der Waals surface area contributed by atoms with Gasteiger partial charge in [-0.2, -0.15) is 4.98 Å². The zero-order valence-corrected chi connectivity index (χ0v) is 15.0. The Morgan fingerprint density at radius 1 is 1.11 bits per heavy atom. The van der Waals surface area contributed by atoms with Crippen LogP contribution in [-0.4, -0.2) is 16.0 Å². The average Bonchev–Trinajstić information content (AvgIpc) is 3.12. The molecule has 3 aromatic rings. The highest BCUT2D eigenvalue weighted by atomic mass is 19.1. The van der Waals surface area contributed by atoms with Gasteiger partial charge in [-0.3, -0.25) is 4.79 Å². The van der Waals surface area contributed by atoms with Crippen LogP contribution in [0.25, 0.3) is 11.4 Å². The number of carbonyl (C=O) groups excluding carboxylic acids is 1. The fourth-order valence-corrected chi connectivity index (χ4v) is 2.53. The number of hydrogen-bond acceptors (Lipinski definition) is 4. The number of hydrogen-bond donors (Lipinski definition) is 1. The maximum absolute atomic E-state index is 13.5. The fourth-order valence-electron chi connectivity index (χ4n) is 2.53. The average molecular weight is 371 g/mol. The number of nitrogens with one attached hydrogen (secondary N) is 1. The first kappa shape index (κ1) is 18.7. The van der Waals surface area contributed by atoms with Gasteiger partial charge < -0.3 is 9.84 Å². The molecule has 1 amide bonds. The standard InChI is InChI=1S/C20H19F2N3O2/c1-12(2)13-6-8-14(9-7-13)20-24-18(27-25-20)11-10-17(26)23-19-15(21)4-3-5-16(19)22/h3-9,12H,10-11H2,1-2H3,(H,23,26). The Morgan fingerprint density at radius 2 is 1.78 bits per heavy atom. The number of aromatic nitrogens is 2. The van der Waals surface area contributed by atoms with Crippen molar-refractivity contribution >= 4 is 11.6 Å². The second kappa shape index (κ2) is 8.07. The molecule has 1 N–H and O–H groups in total. The van der Waals surface area contributed by atoms with Gasteiger partial charge >= 0.3 is 0 Å². The Hall–Kier alpha value is -3.09. The molecule has 3 rings (SSSR count). The molecule has 0 aliphatic rings. The molecule has 0 aliphatic carbocycles. The smallest absolute Gasteiger partial charge is 0.227 e. The predicted octanol–water partition coefficient (Wildman–Crippen LogP) is 4.71. The van der Waals surface area contributed by atoms with E-state index >= 15 is 0 Å². The number of rotatable bonds is 6. The lowest BCUT2D eigenvalue weighted by Gasteiger charge is -2.06. The third-order valence-corrected chi connectivity index (χ3v) is 4.10. The molecule has 5 nitrogen and oxygen atoms in total. The van der Waals surface area contributed by atoms with Crippen molar-refractivity contribution in [2.45, 2.75) is 32.6 Å². The molecule has 1 aromatic heterocycles. The second-order valence-corrected chi connectivity index (χ2v) is 6.43. The Balaban J connectivity index is 1.60. The largest absolute Gasteiger partial charge is 0.339 e. The number of benzene rings is 2. The van der Waals surface area contributed by atoms with Gasteiger partial charge in [0.25, 0.3) is 0 Å². The number of amides is 1. The lowest BCUT2D eigenvalue weighted by atomic mass is 10.0. The van der Waals surface area contributed by atoms with E-state index in [1.54, 1.807) is 0 Å². The van der Waals surface area contributed by atoms with Crippen LogP contribution in [0.4, 0.5) is 14.5 Å². The van der Waals surface area contributed by atoms with Crippen LogP contribution in [0.15, 0.2) is 47.0 Å². The van der Waals surface area contributed by atoms with Crippen molar-refractivity contribution < 1.29 is 18.1 Å². The molecule has 0 spiro atoms. The number of nitrogens with zero attached hydrogens (tertiary/aromatic N) is 2. The van der Waals surface area contributed by atoms with Gasteiger partial charge in [0, 0.05) is 18.4 Å². The van der Waals surface area contributed by atoms with Crippen LogP contribution >= 0.6 is 0 Å². The van der Waals surface area contributed by atoms with Crippen LogP contribution in [0.2, 0.25) is 0 Å². The maximum atomic E-state index is 13.5. The first-order valence-corrected chi connectivity index (χ1v) is 8.61. The lowest BCUT2D eigenvalue weighted by molar-refractivity contribution is -0.116. The molecule has 0 saturated heterocycles. The van der Waals surface area contributed by atoms with Crippen molar-refractivity contribution in [1.29, 1.82) is 0 Å². The molecule has 0 fully saturated rings. The molecule has 0 aliphatic heterocycles. The Labute approximate surface area is 155 Å². The summed E-state index contributed by atoms with van der Waals surface area (Å²) in [5.41, 5.74) is 1.56. The number of halogens is 2. The summed E-state index contributed by atoms with van der Waals surface area (Å²) < 4.78 is 32.3. The molecule has 0 radical (unpaired) electrons. The number of carbonyl (C=O) groups is 1. The summed E-state index contributed by atoms with van der Waals surface area (Å²) in [6, 6.07) is 11.2. The first-order valence-electron chi connectivity index (χ1n) is 8.61. The van der Waals surface area contributed by atoms with Crippen LogP contribution in [0.5, 0.6) is 0 Å². The summed E-state index contributed by atoms with van der Waals surface area (Å²) in [7, 11) is 0. The van der Waals surface area contributed by atoms with Crippen molar-refractivity contribution in [1.82, 2.24) is 10.1 Å². The van der Waals surface area contributed by atoms with Crippen molar-refractivity contribution in [2.24, 2.45) is 0 Å². The molecule has 7 heteroatoms. The Kier molecular flexibility index (Phi) is 5.59. The van der Waals surface area contributed by atoms with E-state index in [0.717, 1.165) is 17.7 Å². The van der Waals surface area contributed by atoms with Crippen LogP contribution < -0.4 is 5.32 Å². The molecule has 140 valence electrons. The molecule has 0 bridgehead atoms. The van der Waals surface area contributed by atoms with E-state index in [4.69, 9.17) is 4.52 Å². The Morgan fingerprint density at radius 3 is 2.41 bits per heavy atom. The first-order chi connectivity index (χ1) is 12.9. The van der Waals surface area contributed by atoms with Gasteiger partial charge in [-0.05, 0) is 23.6 Å². The highest BCUT2D eigenvalue weighted by Crippen LogP contribution is 2.21. The highest BCUT2D eigenvalue weighted by Gasteiger charge is 2.14. The highest BCUT2D eigenvalue weighted by molar-refractivity contribution is 5.91. The monoisotopic (exact) mass is 371 g/mol. The summed E-state index contributed by atoms with van der Waals surface area (Å²) in [5, 5.41) is 6.14. The van der Waals surface area contributed by atoms with E-state index in [0.29, 0.717) is 11.7 Å². The van der Waals surface area contributed by atoms with Gasteiger partial charge in [0.2, 0.25) is 17.6 Å². The van der Waals surface area contributed by atoms with Gasteiger partial charge in [0.15, 0.2) is 0 Å². The van der Waals surface area contributed by atoms with Crippen LogP contribution in [0, 0.1) is 11.6 Å². The lowest BCUT2D eigenvalue weighted by Crippen LogP contribution is -2.14. The molecule has 2 aromatic carbocycles. The maximum Gasteiger partial charge on any atom is 0.227 e. The number of anilines is 1. The Bertz CT molecular complexity index is 916. The quantitative estimate of drug-likeness (QED) is 0.681. The van der Waals surface area contributed by atoms with E-state index in [2.05, 4.69) is 29.3 Å². The van der Waals surface area contributed by atoms with Gasteiger partial charge in [-0.15, -0.1) is 0 Å². The summed E-state index contributed by atoms with van der Waals surface area (Å²) in [4.78, 5) is 16.2. The van der Waals surface area contributed by atoms with Gasteiger partial charge in [-0.1, -0.05) is 49.3 Å². The molecule has 0 saturated carbocycles. The van der Waals surface area contributed by atoms with E-state index in [1.165, 1.54) is 11.6 Å². The van der Waals surface area contributed by atoms with E-state index in [-0.39, 0.29) is 18.7 Å². The minimum absolute atomic E-state index is 0.0400. The van der Waals surface area contributed by atoms with Gasteiger partial charge in [0.05, 0.1) is 0 Å². The third kappa shape index (κ3) is 4.55. The second-order valence-electron chi connectivity index (χ2n) is 6.43. The molecule has 0 unspecified atom stereocenters. The van der Waals surface area contributed by atoms with Crippen LogP contribution in [0.3, 0.4) is 0 Å². The van der Waals surface area contributed by atoms with E-state index < -0.39 is 23.2 Å². The SMILES string of the molecule is CC(C)c1ccc(-c2noc(CCC(=O)Nc3c(F)cccc3F)n2)cc1. The normalized spacial score (nSPS) is 11.0. The molecular weight excluding hydrogens is 352 g/mol. The van der Waals surface area contributed by atoms with E-state index in [1.807, 2.05) is 24.3 Å². The molecule has 0 atom stereocenters. The van der Waals surface area contributed by atoms with Gasteiger partial charge in [0.1, 0.15) is 17.3 Å². The summed E-state index contributed by atoms with van der Waals surface area (Å²) in [5.74, 6) is -1.05. The van der Waals surface area contributed by atoms with Crippen LogP contribution in [-0.2, 0) is 11.2 Å². The summed E-state index contributed by atoms with van der Waals surface area (Å²) in [6.45, 7) is 4.22. The van der Waals surface area contributed by atoms with Gasteiger partial charge in [-0.25, -0.2) is 8.78 Å². The van der Waals surface area contributed by atoms with Crippen molar-refractivity contribution in [3.63, 3.8) is 0 Å². The van der Waals surface area contributed by atoms with E-state index in [9.17, 15) is 13.6 Å². The summed E-state index contributed by atoms with van der Waals surface area (Å²) >= 11 is 0. The summed E-state index contributed by atoms with van der Waals surface area (Å²) in [6.07, 6.45) is 0.126. The number of para-hydroxylation sites is 1.